The number of carboxylic acids is 1. The molecule has 0 aliphatic heterocycles. The second-order valence-electron chi connectivity index (χ2n) is 5.73. The number of carbonyl (C=O) groups excluding carboxylic acids is 1. The molecule has 3 rings (SSSR count). The summed E-state index contributed by atoms with van der Waals surface area (Å²) in [5.74, 6) is -1.37. The van der Waals surface area contributed by atoms with Crippen LogP contribution < -0.4 is 5.32 Å². The Balaban J connectivity index is 1.85. The highest BCUT2D eigenvalue weighted by Crippen LogP contribution is 2.32. The van der Waals surface area contributed by atoms with Crippen molar-refractivity contribution < 1.29 is 14.7 Å². The summed E-state index contributed by atoms with van der Waals surface area (Å²) in [6.45, 7) is 1.79. The van der Waals surface area contributed by atoms with Crippen molar-refractivity contribution in [3.05, 3.63) is 46.2 Å². The minimum Gasteiger partial charge on any atom is -0.480 e. The molecule has 1 fully saturated rings. The number of rotatable bonds is 4. The van der Waals surface area contributed by atoms with Gasteiger partial charge in [-0.05, 0) is 50.5 Å². The van der Waals surface area contributed by atoms with E-state index < -0.39 is 17.4 Å². The maximum Gasteiger partial charge on any atom is 0.329 e. The molecule has 0 saturated heterocycles. The van der Waals surface area contributed by atoms with Crippen LogP contribution in [0.15, 0.2) is 34.9 Å². The van der Waals surface area contributed by atoms with Crippen molar-refractivity contribution >= 4 is 27.8 Å². The molecule has 6 nitrogen and oxygen atoms in total. The fraction of sp³-hybridized carbons (Fsp3) is 0.312. The zero-order valence-electron chi connectivity index (χ0n) is 12.5. The third-order valence-corrected chi connectivity index (χ3v) is 4.82. The van der Waals surface area contributed by atoms with E-state index in [9.17, 15) is 14.7 Å². The molecule has 0 unspecified atom stereocenters. The van der Waals surface area contributed by atoms with Crippen molar-refractivity contribution in [3.63, 3.8) is 0 Å². The Morgan fingerprint density at radius 3 is 2.48 bits per heavy atom. The van der Waals surface area contributed by atoms with E-state index in [1.54, 1.807) is 11.6 Å². The molecule has 0 spiro atoms. The fourth-order valence-corrected chi connectivity index (χ4v) is 2.95. The molecular formula is C16H16BrN3O3. The topological polar surface area (TPSA) is 84.2 Å². The van der Waals surface area contributed by atoms with Crippen LogP contribution in [-0.4, -0.2) is 32.3 Å². The third kappa shape index (κ3) is 2.76. The van der Waals surface area contributed by atoms with Gasteiger partial charge in [0.25, 0.3) is 5.91 Å². The average molecular weight is 378 g/mol. The number of halogens is 1. The Bertz CT molecular complexity index is 763. The van der Waals surface area contributed by atoms with E-state index in [-0.39, 0.29) is 0 Å². The van der Waals surface area contributed by atoms with E-state index in [0.29, 0.717) is 24.1 Å². The molecule has 7 heteroatoms. The van der Waals surface area contributed by atoms with Gasteiger partial charge in [-0.25, -0.2) is 9.48 Å². The van der Waals surface area contributed by atoms with Crippen molar-refractivity contribution in [1.29, 1.82) is 0 Å². The average Bonchev–Trinajstić information content (AvgIpc) is 2.85. The first-order chi connectivity index (χ1) is 10.9. The zero-order valence-corrected chi connectivity index (χ0v) is 14.1. The van der Waals surface area contributed by atoms with E-state index in [2.05, 4.69) is 26.3 Å². The van der Waals surface area contributed by atoms with Crippen molar-refractivity contribution in [2.24, 2.45) is 0 Å². The predicted molar refractivity (Wildman–Crippen MR) is 87.7 cm³/mol. The standard InChI is InChI=1S/C16H16BrN3O3/c1-10-13(14(21)19-16(15(22)23)7-2-8-16)9-18-20(10)12-5-3-11(17)4-6-12/h3-6,9H,2,7-8H2,1H3,(H,19,21)(H,22,23). The summed E-state index contributed by atoms with van der Waals surface area (Å²) in [5.41, 5.74) is 0.773. The van der Waals surface area contributed by atoms with Crippen molar-refractivity contribution in [2.45, 2.75) is 31.7 Å². The summed E-state index contributed by atoms with van der Waals surface area (Å²) in [7, 11) is 0. The number of carbonyl (C=O) groups is 2. The van der Waals surface area contributed by atoms with Crippen LogP contribution in [0.2, 0.25) is 0 Å². The second kappa shape index (κ2) is 5.81. The molecule has 1 amide bonds. The van der Waals surface area contributed by atoms with Gasteiger partial charge in [0.05, 0.1) is 23.1 Å². The molecular weight excluding hydrogens is 362 g/mol. The molecule has 0 atom stereocenters. The Hall–Kier alpha value is -2.15. The van der Waals surface area contributed by atoms with Crippen LogP contribution in [-0.2, 0) is 4.79 Å². The van der Waals surface area contributed by atoms with E-state index in [1.807, 2.05) is 24.3 Å². The van der Waals surface area contributed by atoms with Gasteiger partial charge in [-0.1, -0.05) is 15.9 Å². The van der Waals surface area contributed by atoms with Gasteiger partial charge < -0.3 is 10.4 Å². The van der Waals surface area contributed by atoms with E-state index in [4.69, 9.17) is 0 Å². The lowest BCUT2D eigenvalue weighted by Gasteiger charge is -2.38. The Morgan fingerprint density at radius 2 is 1.96 bits per heavy atom. The molecule has 1 saturated carbocycles. The highest BCUT2D eigenvalue weighted by Gasteiger charge is 2.46. The van der Waals surface area contributed by atoms with Gasteiger partial charge in [0.2, 0.25) is 0 Å². The van der Waals surface area contributed by atoms with Gasteiger partial charge >= 0.3 is 5.97 Å². The number of nitrogens with zero attached hydrogens (tertiary/aromatic N) is 2. The Labute approximate surface area is 141 Å². The third-order valence-electron chi connectivity index (χ3n) is 4.29. The minimum atomic E-state index is -1.12. The first kappa shape index (κ1) is 15.7. The monoisotopic (exact) mass is 377 g/mol. The lowest BCUT2D eigenvalue weighted by molar-refractivity contribution is -0.148. The van der Waals surface area contributed by atoms with Crippen LogP contribution in [0.1, 0.15) is 35.3 Å². The van der Waals surface area contributed by atoms with Gasteiger partial charge in [0.1, 0.15) is 5.54 Å². The number of nitrogens with one attached hydrogen (secondary N) is 1. The summed E-state index contributed by atoms with van der Waals surface area (Å²) in [6.07, 6.45) is 3.21. The number of amides is 1. The highest BCUT2D eigenvalue weighted by molar-refractivity contribution is 9.10. The zero-order chi connectivity index (χ0) is 16.6. The maximum atomic E-state index is 12.4. The van der Waals surface area contributed by atoms with Gasteiger partial charge in [-0.2, -0.15) is 5.10 Å². The second-order valence-corrected chi connectivity index (χ2v) is 6.64. The summed E-state index contributed by atoms with van der Waals surface area (Å²) in [4.78, 5) is 23.8. The molecule has 1 aliphatic carbocycles. The van der Waals surface area contributed by atoms with Crippen LogP contribution in [0.5, 0.6) is 0 Å². The summed E-state index contributed by atoms with van der Waals surface area (Å²) in [6, 6.07) is 7.56. The minimum absolute atomic E-state index is 0.389. The molecule has 2 aromatic rings. The van der Waals surface area contributed by atoms with E-state index in [1.165, 1.54) is 6.20 Å². The largest absolute Gasteiger partial charge is 0.480 e. The predicted octanol–water partition coefficient (Wildman–Crippen LogP) is 2.68. The Morgan fingerprint density at radius 1 is 1.30 bits per heavy atom. The molecule has 1 heterocycles. The van der Waals surface area contributed by atoms with Gasteiger partial charge in [-0.15, -0.1) is 0 Å². The molecule has 0 radical (unpaired) electrons. The van der Waals surface area contributed by atoms with E-state index in [0.717, 1.165) is 16.6 Å². The van der Waals surface area contributed by atoms with Crippen molar-refractivity contribution in [3.8, 4) is 5.69 Å². The fourth-order valence-electron chi connectivity index (χ4n) is 2.68. The lowest BCUT2D eigenvalue weighted by atomic mass is 9.76. The quantitative estimate of drug-likeness (QED) is 0.857. The van der Waals surface area contributed by atoms with E-state index >= 15 is 0 Å². The maximum absolute atomic E-state index is 12.4. The number of carboxylic acid groups (broad SMARTS) is 1. The Kier molecular flexibility index (Phi) is 3.97. The lowest BCUT2D eigenvalue weighted by Crippen LogP contribution is -2.59. The molecule has 120 valence electrons. The van der Waals surface area contributed by atoms with Gasteiger partial charge in [0, 0.05) is 4.47 Å². The van der Waals surface area contributed by atoms with Crippen molar-refractivity contribution in [1.82, 2.24) is 15.1 Å². The number of hydrogen-bond donors (Lipinski definition) is 2. The molecule has 2 N–H and O–H groups in total. The normalized spacial score (nSPS) is 15.7. The van der Waals surface area contributed by atoms with Crippen LogP contribution in [0, 0.1) is 6.92 Å². The van der Waals surface area contributed by atoms with Crippen LogP contribution in [0.4, 0.5) is 0 Å². The highest BCUT2D eigenvalue weighted by atomic mass is 79.9. The van der Waals surface area contributed by atoms with Crippen molar-refractivity contribution in [2.75, 3.05) is 0 Å². The number of aliphatic carboxylic acids is 1. The van der Waals surface area contributed by atoms with Gasteiger partial charge in [-0.3, -0.25) is 4.79 Å². The molecule has 1 aromatic carbocycles. The first-order valence-corrected chi connectivity index (χ1v) is 8.09. The summed E-state index contributed by atoms with van der Waals surface area (Å²) in [5, 5.41) is 16.2. The molecule has 1 aliphatic rings. The molecule has 1 aromatic heterocycles. The molecule has 23 heavy (non-hydrogen) atoms. The first-order valence-electron chi connectivity index (χ1n) is 7.29. The smallest absolute Gasteiger partial charge is 0.329 e. The van der Waals surface area contributed by atoms with Gasteiger partial charge in [0.15, 0.2) is 0 Å². The molecule has 0 bridgehead atoms. The number of hydrogen-bond acceptors (Lipinski definition) is 3. The van der Waals surface area contributed by atoms with Crippen LogP contribution >= 0.6 is 15.9 Å². The number of aromatic nitrogens is 2. The number of benzene rings is 1. The van der Waals surface area contributed by atoms with Crippen LogP contribution in [0.3, 0.4) is 0 Å². The SMILES string of the molecule is Cc1c(C(=O)NC2(C(=O)O)CCC2)cnn1-c1ccc(Br)cc1. The summed E-state index contributed by atoms with van der Waals surface area (Å²) < 4.78 is 2.62. The van der Waals surface area contributed by atoms with Crippen LogP contribution in [0.25, 0.3) is 5.69 Å². The summed E-state index contributed by atoms with van der Waals surface area (Å²) >= 11 is 3.38.